The van der Waals surface area contributed by atoms with Crippen LogP contribution >= 0.6 is 0 Å². The first-order valence-electron chi connectivity index (χ1n) is 6.81. The van der Waals surface area contributed by atoms with Gasteiger partial charge in [0.1, 0.15) is 5.78 Å². The van der Waals surface area contributed by atoms with Crippen LogP contribution in [0.15, 0.2) is 0 Å². The lowest BCUT2D eigenvalue weighted by atomic mass is 10.2. The SMILES string of the molecule is CCC(=O)CCNC(=O)CCCN1CCOCC1. The Labute approximate surface area is 109 Å². The number of nitrogens with zero attached hydrogens (tertiary/aromatic N) is 1. The molecule has 1 N–H and O–H groups in total. The van der Waals surface area contributed by atoms with Crippen molar-refractivity contribution in [2.45, 2.75) is 32.6 Å². The van der Waals surface area contributed by atoms with Gasteiger partial charge in [-0.25, -0.2) is 0 Å². The molecule has 1 fully saturated rings. The maximum Gasteiger partial charge on any atom is 0.220 e. The molecule has 5 nitrogen and oxygen atoms in total. The van der Waals surface area contributed by atoms with Crippen LogP contribution in [0.5, 0.6) is 0 Å². The number of amides is 1. The fraction of sp³-hybridized carbons (Fsp3) is 0.846. The van der Waals surface area contributed by atoms with E-state index in [4.69, 9.17) is 4.74 Å². The Morgan fingerprint density at radius 2 is 1.94 bits per heavy atom. The van der Waals surface area contributed by atoms with Crippen molar-refractivity contribution in [1.29, 1.82) is 0 Å². The van der Waals surface area contributed by atoms with Crippen LogP contribution in [0, 0.1) is 0 Å². The molecule has 0 aromatic carbocycles. The number of carbonyl (C=O) groups excluding carboxylic acids is 2. The monoisotopic (exact) mass is 256 g/mol. The summed E-state index contributed by atoms with van der Waals surface area (Å²) in [5, 5.41) is 2.78. The quantitative estimate of drug-likeness (QED) is 0.690. The van der Waals surface area contributed by atoms with Gasteiger partial charge in [-0.1, -0.05) is 6.92 Å². The molecule has 0 aromatic heterocycles. The van der Waals surface area contributed by atoms with Crippen LogP contribution in [0.25, 0.3) is 0 Å². The molecule has 0 atom stereocenters. The maximum atomic E-state index is 11.5. The van der Waals surface area contributed by atoms with Crippen molar-refractivity contribution < 1.29 is 14.3 Å². The Balaban J connectivity index is 1.97. The zero-order valence-corrected chi connectivity index (χ0v) is 11.2. The van der Waals surface area contributed by atoms with Crippen molar-refractivity contribution in [3.8, 4) is 0 Å². The predicted octanol–water partition coefficient (Wildman–Crippen LogP) is 0.584. The first kappa shape index (κ1) is 15.1. The van der Waals surface area contributed by atoms with E-state index >= 15 is 0 Å². The topological polar surface area (TPSA) is 58.6 Å². The number of ether oxygens (including phenoxy) is 1. The highest BCUT2D eigenvalue weighted by Crippen LogP contribution is 2.00. The van der Waals surface area contributed by atoms with Crippen molar-refractivity contribution in [2.75, 3.05) is 39.4 Å². The highest BCUT2D eigenvalue weighted by atomic mass is 16.5. The molecule has 1 aliphatic heterocycles. The van der Waals surface area contributed by atoms with Gasteiger partial charge in [-0.3, -0.25) is 14.5 Å². The van der Waals surface area contributed by atoms with Crippen molar-refractivity contribution in [3.05, 3.63) is 0 Å². The van der Waals surface area contributed by atoms with E-state index in [1.165, 1.54) is 0 Å². The number of rotatable bonds is 8. The first-order chi connectivity index (χ1) is 8.72. The summed E-state index contributed by atoms with van der Waals surface area (Å²) in [4.78, 5) is 24.8. The fourth-order valence-corrected chi connectivity index (χ4v) is 1.89. The largest absolute Gasteiger partial charge is 0.379 e. The molecule has 104 valence electrons. The molecule has 0 unspecified atom stereocenters. The van der Waals surface area contributed by atoms with Gasteiger partial charge in [0.05, 0.1) is 13.2 Å². The second kappa shape index (κ2) is 9.05. The number of hydrogen-bond donors (Lipinski definition) is 1. The number of morpholine rings is 1. The van der Waals surface area contributed by atoms with E-state index in [0.29, 0.717) is 25.8 Å². The molecule has 0 bridgehead atoms. The first-order valence-corrected chi connectivity index (χ1v) is 6.81. The number of nitrogens with one attached hydrogen (secondary N) is 1. The molecule has 0 aliphatic carbocycles. The minimum atomic E-state index is 0.0483. The molecular weight excluding hydrogens is 232 g/mol. The van der Waals surface area contributed by atoms with Gasteiger partial charge < -0.3 is 10.1 Å². The average Bonchev–Trinajstić information content (AvgIpc) is 2.39. The van der Waals surface area contributed by atoms with E-state index in [0.717, 1.165) is 39.3 Å². The Bertz CT molecular complexity index is 263. The summed E-state index contributed by atoms with van der Waals surface area (Å²) in [6.07, 6.45) is 2.41. The Morgan fingerprint density at radius 3 is 2.61 bits per heavy atom. The molecular formula is C13H24N2O3. The molecule has 0 radical (unpaired) electrons. The molecule has 0 spiro atoms. The van der Waals surface area contributed by atoms with Gasteiger partial charge >= 0.3 is 0 Å². The van der Waals surface area contributed by atoms with E-state index in [9.17, 15) is 9.59 Å². The Hall–Kier alpha value is -0.940. The molecule has 1 amide bonds. The van der Waals surface area contributed by atoms with Crippen molar-refractivity contribution >= 4 is 11.7 Å². The summed E-state index contributed by atoms with van der Waals surface area (Å²) >= 11 is 0. The van der Waals surface area contributed by atoms with Gasteiger partial charge in [0.25, 0.3) is 0 Å². The normalized spacial score (nSPS) is 16.5. The zero-order chi connectivity index (χ0) is 13.2. The summed E-state index contributed by atoms with van der Waals surface area (Å²) < 4.78 is 5.26. The van der Waals surface area contributed by atoms with Gasteiger partial charge in [0.15, 0.2) is 0 Å². The Morgan fingerprint density at radius 1 is 1.22 bits per heavy atom. The molecule has 1 aliphatic rings. The van der Waals surface area contributed by atoms with E-state index in [2.05, 4.69) is 10.2 Å². The van der Waals surface area contributed by atoms with Crippen LogP contribution in [0.4, 0.5) is 0 Å². The highest BCUT2D eigenvalue weighted by molar-refractivity contribution is 5.80. The second-order valence-electron chi connectivity index (χ2n) is 4.55. The molecule has 18 heavy (non-hydrogen) atoms. The lowest BCUT2D eigenvalue weighted by Crippen LogP contribution is -2.37. The van der Waals surface area contributed by atoms with E-state index < -0.39 is 0 Å². The minimum absolute atomic E-state index is 0.0483. The summed E-state index contributed by atoms with van der Waals surface area (Å²) in [6, 6.07) is 0. The molecule has 0 saturated carbocycles. The van der Waals surface area contributed by atoms with Crippen molar-refractivity contribution in [2.24, 2.45) is 0 Å². The second-order valence-corrected chi connectivity index (χ2v) is 4.55. The van der Waals surface area contributed by atoms with E-state index in [-0.39, 0.29) is 11.7 Å². The number of Topliss-reactive ketones (excluding diaryl/α,β-unsaturated/α-hetero) is 1. The van der Waals surface area contributed by atoms with Crippen molar-refractivity contribution in [1.82, 2.24) is 10.2 Å². The summed E-state index contributed by atoms with van der Waals surface area (Å²) in [5.74, 6) is 0.246. The smallest absolute Gasteiger partial charge is 0.220 e. The Kier molecular flexibility index (Phi) is 7.60. The molecule has 1 saturated heterocycles. The standard InChI is InChI=1S/C13H24N2O3/c1-2-12(16)5-6-14-13(17)4-3-7-15-8-10-18-11-9-15/h2-11H2,1H3,(H,14,17). The van der Waals surface area contributed by atoms with Gasteiger partial charge in [-0.05, 0) is 13.0 Å². The lowest BCUT2D eigenvalue weighted by molar-refractivity contribution is -0.121. The third kappa shape index (κ3) is 6.71. The third-order valence-corrected chi connectivity index (χ3v) is 3.10. The van der Waals surface area contributed by atoms with E-state index in [1.807, 2.05) is 6.92 Å². The fourth-order valence-electron chi connectivity index (χ4n) is 1.89. The summed E-state index contributed by atoms with van der Waals surface area (Å²) in [7, 11) is 0. The average molecular weight is 256 g/mol. The highest BCUT2D eigenvalue weighted by Gasteiger charge is 2.10. The van der Waals surface area contributed by atoms with Gasteiger partial charge in [0, 0.05) is 38.9 Å². The zero-order valence-electron chi connectivity index (χ0n) is 11.2. The number of hydrogen-bond acceptors (Lipinski definition) is 4. The minimum Gasteiger partial charge on any atom is -0.379 e. The van der Waals surface area contributed by atoms with Gasteiger partial charge in [0.2, 0.25) is 5.91 Å². The van der Waals surface area contributed by atoms with Crippen LogP contribution in [0.3, 0.4) is 0 Å². The predicted molar refractivity (Wildman–Crippen MR) is 69.4 cm³/mol. The van der Waals surface area contributed by atoms with Gasteiger partial charge in [-0.2, -0.15) is 0 Å². The molecule has 5 heteroatoms. The van der Waals surface area contributed by atoms with Crippen LogP contribution in [-0.4, -0.2) is 56.0 Å². The molecule has 1 rings (SSSR count). The summed E-state index contributed by atoms with van der Waals surface area (Å²) in [6.45, 7) is 6.79. The summed E-state index contributed by atoms with van der Waals surface area (Å²) in [5.41, 5.74) is 0. The van der Waals surface area contributed by atoms with Crippen LogP contribution < -0.4 is 5.32 Å². The van der Waals surface area contributed by atoms with Crippen LogP contribution in [-0.2, 0) is 14.3 Å². The molecule has 1 heterocycles. The number of carbonyl (C=O) groups is 2. The maximum absolute atomic E-state index is 11.5. The lowest BCUT2D eigenvalue weighted by Gasteiger charge is -2.26. The van der Waals surface area contributed by atoms with Crippen molar-refractivity contribution in [3.63, 3.8) is 0 Å². The van der Waals surface area contributed by atoms with Gasteiger partial charge in [-0.15, -0.1) is 0 Å². The van der Waals surface area contributed by atoms with Crippen LogP contribution in [0.1, 0.15) is 32.6 Å². The number of ketones is 1. The third-order valence-electron chi connectivity index (χ3n) is 3.10. The van der Waals surface area contributed by atoms with E-state index in [1.54, 1.807) is 0 Å². The molecule has 0 aromatic rings. The van der Waals surface area contributed by atoms with Crippen LogP contribution in [0.2, 0.25) is 0 Å².